The minimum absolute atomic E-state index is 0.0656. The molecule has 0 aromatic heterocycles. The summed E-state index contributed by atoms with van der Waals surface area (Å²) in [6, 6.07) is 27.9. The number of fused-ring (bicyclic) bond motifs is 1. The van der Waals surface area contributed by atoms with Gasteiger partial charge in [-0.1, -0.05) is 78.9 Å². The van der Waals surface area contributed by atoms with E-state index in [4.69, 9.17) is 4.74 Å². The van der Waals surface area contributed by atoms with E-state index in [0.717, 1.165) is 16.7 Å². The van der Waals surface area contributed by atoms with Gasteiger partial charge in [0.15, 0.2) is 9.84 Å². The predicted molar refractivity (Wildman–Crippen MR) is 133 cm³/mol. The van der Waals surface area contributed by atoms with Crippen LogP contribution in [0.4, 0.5) is 0 Å². The highest BCUT2D eigenvalue weighted by molar-refractivity contribution is 7.92. The SMILES string of the molecule is COc1ccccc1CC(=O)N1C[C@@H]2[C@H](C1)C(c1ccccc1)(c1ccccc1)CCS2(=O)=O. The summed E-state index contributed by atoms with van der Waals surface area (Å²) in [5, 5.41) is -0.580. The molecule has 34 heavy (non-hydrogen) atoms. The zero-order valence-corrected chi connectivity index (χ0v) is 20.1. The number of rotatable bonds is 5. The summed E-state index contributed by atoms with van der Waals surface area (Å²) in [5.74, 6) is 0.511. The number of benzene rings is 3. The fourth-order valence-electron chi connectivity index (χ4n) is 5.93. The number of hydrogen-bond donors (Lipinski definition) is 0. The van der Waals surface area contributed by atoms with Crippen LogP contribution in [-0.2, 0) is 26.5 Å². The van der Waals surface area contributed by atoms with E-state index < -0.39 is 20.5 Å². The number of sulfone groups is 1. The first-order valence-corrected chi connectivity index (χ1v) is 13.4. The van der Waals surface area contributed by atoms with Crippen molar-refractivity contribution in [2.45, 2.75) is 23.5 Å². The van der Waals surface area contributed by atoms with Crippen LogP contribution >= 0.6 is 0 Å². The van der Waals surface area contributed by atoms with Gasteiger partial charge in [-0.05, 0) is 23.6 Å². The number of amides is 1. The third-order valence-corrected chi connectivity index (χ3v) is 9.78. The summed E-state index contributed by atoms with van der Waals surface area (Å²) in [6.07, 6.45) is 0.701. The Morgan fingerprint density at radius 3 is 2.12 bits per heavy atom. The van der Waals surface area contributed by atoms with Gasteiger partial charge in [-0.25, -0.2) is 8.42 Å². The first kappa shape index (κ1) is 22.7. The monoisotopic (exact) mass is 475 g/mol. The molecule has 2 fully saturated rings. The van der Waals surface area contributed by atoms with Gasteiger partial charge >= 0.3 is 0 Å². The van der Waals surface area contributed by atoms with E-state index in [1.165, 1.54) is 0 Å². The fraction of sp³-hybridized carbons (Fsp3) is 0.321. The average molecular weight is 476 g/mol. The van der Waals surface area contributed by atoms with Crippen LogP contribution in [0.5, 0.6) is 5.75 Å². The molecule has 0 unspecified atom stereocenters. The van der Waals surface area contributed by atoms with Gasteiger partial charge in [-0.15, -0.1) is 0 Å². The molecule has 3 aromatic rings. The summed E-state index contributed by atoms with van der Waals surface area (Å²) in [5.41, 5.74) is 2.58. The van der Waals surface area contributed by atoms with Gasteiger partial charge in [0.1, 0.15) is 5.75 Å². The van der Waals surface area contributed by atoms with Crippen molar-refractivity contribution in [2.75, 3.05) is 26.0 Å². The third-order valence-electron chi connectivity index (χ3n) is 7.61. The number of nitrogens with zero attached hydrogens (tertiary/aromatic N) is 1. The highest BCUT2D eigenvalue weighted by Gasteiger charge is 2.57. The molecule has 1 amide bonds. The maximum Gasteiger partial charge on any atom is 0.227 e. The van der Waals surface area contributed by atoms with Crippen molar-refractivity contribution in [1.29, 1.82) is 0 Å². The zero-order chi connectivity index (χ0) is 23.8. The van der Waals surface area contributed by atoms with E-state index in [2.05, 4.69) is 24.3 Å². The lowest BCUT2D eigenvalue weighted by molar-refractivity contribution is -0.129. The standard InChI is InChI=1S/C28H29NO4S/c1-33-25-15-9-8-10-21(25)18-27(30)29-19-24-26(20-29)34(31,32)17-16-28(24,22-11-4-2-5-12-22)23-13-6-3-7-14-23/h2-15,24,26H,16-20H2,1H3/t24-,26+/m0/s1. The molecule has 0 saturated carbocycles. The Kier molecular flexibility index (Phi) is 5.94. The molecule has 0 N–H and O–H groups in total. The van der Waals surface area contributed by atoms with Crippen molar-refractivity contribution in [1.82, 2.24) is 4.90 Å². The topological polar surface area (TPSA) is 63.7 Å². The molecule has 2 saturated heterocycles. The van der Waals surface area contributed by atoms with Crippen LogP contribution in [0, 0.1) is 5.92 Å². The number of hydrogen-bond acceptors (Lipinski definition) is 4. The second-order valence-electron chi connectivity index (χ2n) is 9.25. The van der Waals surface area contributed by atoms with Crippen molar-refractivity contribution >= 4 is 15.7 Å². The maximum absolute atomic E-state index is 13.4. The van der Waals surface area contributed by atoms with Crippen molar-refractivity contribution in [2.24, 2.45) is 5.92 Å². The van der Waals surface area contributed by atoms with E-state index in [0.29, 0.717) is 18.7 Å². The van der Waals surface area contributed by atoms with Crippen molar-refractivity contribution in [3.05, 3.63) is 102 Å². The second kappa shape index (κ2) is 8.91. The number of carbonyl (C=O) groups is 1. The molecule has 176 valence electrons. The molecule has 2 aliphatic heterocycles. The lowest BCUT2D eigenvalue weighted by Crippen LogP contribution is -2.51. The van der Waals surface area contributed by atoms with Gasteiger partial charge in [0.2, 0.25) is 5.91 Å². The van der Waals surface area contributed by atoms with Crippen LogP contribution < -0.4 is 4.74 Å². The lowest BCUT2D eigenvalue weighted by Gasteiger charge is -2.45. The molecule has 5 rings (SSSR count). The molecule has 3 aromatic carbocycles. The first-order valence-electron chi connectivity index (χ1n) is 11.7. The van der Waals surface area contributed by atoms with Crippen molar-refractivity contribution < 1.29 is 17.9 Å². The fourth-order valence-corrected chi connectivity index (χ4v) is 8.07. The van der Waals surface area contributed by atoms with Gasteiger partial charge in [0.05, 0.1) is 24.5 Å². The minimum Gasteiger partial charge on any atom is -0.496 e. The molecule has 2 aliphatic rings. The largest absolute Gasteiger partial charge is 0.496 e. The summed E-state index contributed by atoms with van der Waals surface area (Å²) in [4.78, 5) is 15.2. The molecule has 2 heterocycles. The average Bonchev–Trinajstić information content (AvgIpc) is 3.34. The van der Waals surface area contributed by atoms with Crippen LogP contribution in [0.25, 0.3) is 0 Å². The number of likely N-dealkylation sites (tertiary alicyclic amines) is 1. The molecule has 0 aliphatic carbocycles. The Labute approximate surface area is 201 Å². The predicted octanol–water partition coefficient (Wildman–Crippen LogP) is 3.87. The molecular weight excluding hydrogens is 446 g/mol. The highest BCUT2D eigenvalue weighted by atomic mass is 32.2. The van der Waals surface area contributed by atoms with Crippen molar-refractivity contribution in [3.8, 4) is 5.75 Å². The van der Waals surface area contributed by atoms with Gasteiger partial charge in [0, 0.05) is 30.0 Å². The smallest absolute Gasteiger partial charge is 0.227 e. The maximum atomic E-state index is 13.4. The van der Waals surface area contributed by atoms with Crippen LogP contribution in [-0.4, -0.2) is 50.4 Å². The number of methoxy groups -OCH3 is 1. The summed E-state index contributed by atoms with van der Waals surface area (Å²) < 4.78 is 32.0. The van der Waals surface area contributed by atoms with Crippen LogP contribution in [0.15, 0.2) is 84.9 Å². The van der Waals surface area contributed by atoms with E-state index in [9.17, 15) is 13.2 Å². The summed E-state index contributed by atoms with van der Waals surface area (Å²) >= 11 is 0. The number of ether oxygens (including phenoxy) is 1. The Bertz CT molecular complexity index is 1230. The van der Waals surface area contributed by atoms with Crippen LogP contribution in [0.3, 0.4) is 0 Å². The van der Waals surface area contributed by atoms with Gasteiger partial charge in [-0.2, -0.15) is 0 Å². The van der Waals surface area contributed by atoms with Gasteiger partial charge < -0.3 is 9.64 Å². The molecule has 2 atom stereocenters. The van der Waals surface area contributed by atoms with E-state index in [-0.39, 0.29) is 30.5 Å². The quantitative estimate of drug-likeness (QED) is 0.562. The Hall–Kier alpha value is -3.12. The summed E-state index contributed by atoms with van der Waals surface area (Å²) in [6.45, 7) is 0.657. The van der Waals surface area contributed by atoms with Gasteiger partial charge in [0.25, 0.3) is 0 Å². The molecule has 5 nitrogen and oxygen atoms in total. The lowest BCUT2D eigenvalue weighted by atomic mass is 9.63. The zero-order valence-electron chi connectivity index (χ0n) is 19.3. The molecule has 0 spiro atoms. The van der Waals surface area contributed by atoms with Crippen LogP contribution in [0.2, 0.25) is 0 Å². The molecule has 0 bridgehead atoms. The third kappa shape index (κ3) is 3.80. The van der Waals surface area contributed by atoms with E-state index in [1.807, 2.05) is 60.7 Å². The normalized spacial score (nSPS) is 22.7. The Balaban J connectivity index is 1.54. The summed E-state index contributed by atoms with van der Waals surface area (Å²) in [7, 11) is -1.73. The van der Waals surface area contributed by atoms with Crippen molar-refractivity contribution in [3.63, 3.8) is 0 Å². The molecule has 0 radical (unpaired) electrons. The Morgan fingerprint density at radius 1 is 0.912 bits per heavy atom. The first-order chi connectivity index (χ1) is 16.5. The highest BCUT2D eigenvalue weighted by Crippen LogP contribution is 2.51. The number of para-hydroxylation sites is 1. The number of carbonyl (C=O) groups excluding carboxylic acids is 1. The van der Waals surface area contributed by atoms with Gasteiger partial charge in [-0.3, -0.25) is 4.79 Å². The minimum atomic E-state index is -3.32. The molecular formula is C28H29NO4S. The van der Waals surface area contributed by atoms with Crippen LogP contribution in [0.1, 0.15) is 23.1 Å². The van der Waals surface area contributed by atoms with E-state index >= 15 is 0 Å². The molecule has 6 heteroatoms. The second-order valence-corrected chi connectivity index (χ2v) is 11.6. The Morgan fingerprint density at radius 2 is 1.50 bits per heavy atom. The van der Waals surface area contributed by atoms with E-state index in [1.54, 1.807) is 12.0 Å².